The van der Waals surface area contributed by atoms with Gasteiger partial charge in [-0.3, -0.25) is 0 Å². The minimum atomic E-state index is -6.00. The second-order valence-electron chi connectivity index (χ2n) is 6.61. The van der Waals surface area contributed by atoms with Crippen molar-refractivity contribution in [3.8, 4) is 5.75 Å². The Kier molecular flexibility index (Phi) is 7.40. The number of rotatable bonds is 4. The molecule has 0 aliphatic heterocycles. The van der Waals surface area contributed by atoms with E-state index in [-0.39, 0.29) is 0 Å². The molecule has 2 saturated carbocycles. The lowest BCUT2D eigenvalue weighted by molar-refractivity contribution is 0.368. The first kappa shape index (κ1) is 19.6. The van der Waals surface area contributed by atoms with Crippen molar-refractivity contribution in [3.63, 3.8) is 0 Å². The Hall–Kier alpha value is -0.765. The summed E-state index contributed by atoms with van der Waals surface area (Å²) in [5.74, 6) is 1.16. The lowest BCUT2D eigenvalue weighted by Crippen LogP contribution is -2.20. The standard InChI is InChI=1S/C17H25OP.BF4/c1-18-16-12-6-7-13-17(16)19(14-8-2-3-9-14)15-10-4-5-11-15;2-1(3,4)5/h6-7,12-15H,2-5,8-11H2,1H3;/q;-1/p+1. The van der Waals surface area contributed by atoms with E-state index in [1.807, 2.05) is 7.11 Å². The topological polar surface area (TPSA) is 9.23 Å². The highest BCUT2D eigenvalue weighted by Crippen LogP contribution is 2.57. The van der Waals surface area contributed by atoms with Gasteiger partial charge >= 0.3 is 7.25 Å². The molecule has 1 nitrogen and oxygen atoms in total. The summed E-state index contributed by atoms with van der Waals surface area (Å²) >= 11 is 0. The highest BCUT2D eigenvalue weighted by atomic mass is 31.1. The highest BCUT2D eigenvalue weighted by molar-refractivity contribution is 7.67. The zero-order chi connectivity index (χ0) is 17.6. The van der Waals surface area contributed by atoms with E-state index in [0.717, 1.165) is 17.1 Å². The van der Waals surface area contributed by atoms with Crippen molar-refractivity contribution in [1.29, 1.82) is 0 Å². The second-order valence-corrected chi connectivity index (χ2v) is 9.70. The summed E-state index contributed by atoms with van der Waals surface area (Å²) < 4.78 is 44.7. The molecule has 0 heterocycles. The molecule has 24 heavy (non-hydrogen) atoms. The van der Waals surface area contributed by atoms with Crippen LogP contribution in [-0.2, 0) is 0 Å². The van der Waals surface area contributed by atoms with Crippen LogP contribution in [0.25, 0.3) is 0 Å². The monoisotopic (exact) mass is 364 g/mol. The van der Waals surface area contributed by atoms with Crippen LogP contribution in [0.2, 0.25) is 0 Å². The van der Waals surface area contributed by atoms with Crippen LogP contribution in [0, 0.1) is 0 Å². The number of methoxy groups -OCH3 is 1. The number of ether oxygens (including phenoxy) is 1. The Bertz CT molecular complexity index is 478. The third-order valence-corrected chi connectivity index (χ3v) is 8.96. The van der Waals surface area contributed by atoms with Crippen molar-refractivity contribution >= 4 is 20.5 Å². The quantitative estimate of drug-likeness (QED) is 0.377. The van der Waals surface area contributed by atoms with Crippen LogP contribution in [0.5, 0.6) is 5.75 Å². The number of hydrogen-bond acceptors (Lipinski definition) is 1. The maximum Gasteiger partial charge on any atom is 0.673 e. The summed E-state index contributed by atoms with van der Waals surface area (Å²) in [5, 5.41) is 1.59. The second kappa shape index (κ2) is 9.08. The van der Waals surface area contributed by atoms with E-state index in [9.17, 15) is 17.3 Å². The lowest BCUT2D eigenvalue weighted by Gasteiger charge is -2.23. The molecule has 0 amide bonds. The molecular weight excluding hydrogens is 338 g/mol. The molecule has 1 aromatic rings. The Balaban J connectivity index is 0.000000368. The maximum atomic E-state index is 9.75. The van der Waals surface area contributed by atoms with Crippen LogP contribution in [-0.4, -0.2) is 25.7 Å². The Morgan fingerprint density at radius 2 is 1.29 bits per heavy atom. The van der Waals surface area contributed by atoms with Crippen molar-refractivity contribution in [2.45, 2.75) is 62.7 Å². The van der Waals surface area contributed by atoms with Gasteiger partial charge in [0.05, 0.1) is 18.4 Å². The predicted octanol–water partition coefficient (Wildman–Crippen LogP) is 5.72. The fraction of sp³-hybridized carbons (Fsp3) is 0.647. The first-order valence-electron chi connectivity index (χ1n) is 8.77. The molecule has 2 fully saturated rings. The number of para-hydroxylation sites is 1. The smallest absolute Gasteiger partial charge is 0.493 e. The average molecular weight is 364 g/mol. The van der Waals surface area contributed by atoms with E-state index in [0.29, 0.717) is 0 Å². The molecule has 0 radical (unpaired) electrons. The van der Waals surface area contributed by atoms with Gasteiger partial charge in [0.25, 0.3) is 0 Å². The van der Waals surface area contributed by atoms with E-state index in [2.05, 4.69) is 24.3 Å². The van der Waals surface area contributed by atoms with Gasteiger partial charge in [-0.2, -0.15) is 0 Å². The molecule has 7 heteroatoms. The van der Waals surface area contributed by atoms with Gasteiger partial charge in [0.2, 0.25) is 0 Å². The van der Waals surface area contributed by atoms with Gasteiger partial charge in [0, 0.05) is 7.92 Å². The Labute approximate surface area is 143 Å². The molecule has 2 aliphatic carbocycles. The van der Waals surface area contributed by atoms with Gasteiger partial charge in [-0.15, -0.1) is 0 Å². The van der Waals surface area contributed by atoms with Crippen LogP contribution >= 0.6 is 7.92 Å². The van der Waals surface area contributed by atoms with Crippen LogP contribution in [0.4, 0.5) is 17.3 Å². The van der Waals surface area contributed by atoms with Crippen molar-refractivity contribution in [2.75, 3.05) is 7.11 Å². The third-order valence-electron chi connectivity index (χ3n) is 5.01. The number of hydrogen-bond donors (Lipinski definition) is 0. The summed E-state index contributed by atoms with van der Waals surface area (Å²) in [7, 11) is -4.61. The van der Waals surface area contributed by atoms with Crippen LogP contribution in [0.3, 0.4) is 0 Å². The molecule has 0 unspecified atom stereocenters. The minimum Gasteiger partial charge on any atom is -0.493 e. The first-order chi connectivity index (χ1) is 11.4. The maximum absolute atomic E-state index is 9.75. The number of halogens is 4. The molecule has 0 saturated heterocycles. The fourth-order valence-electron chi connectivity index (χ4n) is 4.13. The minimum absolute atomic E-state index is 0.444. The van der Waals surface area contributed by atoms with E-state index in [1.165, 1.54) is 51.4 Å². The fourth-order valence-corrected chi connectivity index (χ4v) is 8.50. The SMILES string of the molecule is COc1ccccc1[PH+](C1CCCC1)C1CCCC1.F[B-](F)(F)F. The number of benzene rings is 1. The molecular formula is C17H26BF4OP. The van der Waals surface area contributed by atoms with E-state index in [4.69, 9.17) is 4.74 Å². The van der Waals surface area contributed by atoms with E-state index >= 15 is 0 Å². The summed E-state index contributed by atoms with van der Waals surface area (Å²) in [6.07, 6.45) is 11.7. The summed E-state index contributed by atoms with van der Waals surface area (Å²) in [4.78, 5) is 0. The molecule has 0 spiro atoms. The summed E-state index contributed by atoms with van der Waals surface area (Å²) in [6, 6.07) is 8.87. The van der Waals surface area contributed by atoms with E-state index in [1.54, 1.807) is 5.30 Å². The van der Waals surface area contributed by atoms with Gasteiger partial charge < -0.3 is 22.0 Å². The molecule has 0 bridgehead atoms. The van der Waals surface area contributed by atoms with Crippen molar-refractivity contribution in [2.24, 2.45) is 0 Å². The molecule has 3 rings (SSSR count). The van der Waals surface area contributed by atoms with Crippen molar-refractivity contribution in [3.05, 3.63) is 24.3 Å². The van der Waals surface area contributed by atoms with Gasteiger partial charge in [-0.25, -0.2) is 0 Å². The van der Waals surface area contributed by atoms with Crippen LogP contribution < -0.4 is 10.0 Å². The average Bonchev–Trinajstić information content (AvgIpc) is 3.20. The molecule has 136 valence electrons. The first-order valence-corrected chi connectivity index (χ1v) is 10.4. The summed E-state index contributed by atoms with van der Waals surface area (Å²) in [6.45, 7) is 0. The summed E-state index contributed by atoms with van der Waals surface area (Å²) in [5.41, 5.74) is 2.01. The van der Waals surface area contributed by atoms with Gasteiger partial charge in [-0.1, -0.05) is 12.1 Å². The zero-order valence-corrected chi connectivity index (χ0v) is 15.1. The van der Waals surface area contributed by atoms with Gasteiger partial charge in [0.1, 0.15) is 5.30 Å². The molecule has 0 N–H and O–H groups in total. The zero-order valence-electron chi connectivity index (χ0n) is 14.1. The van der Waals surface area contributed by atoms with Gasteiger partial charge in [0.15, 0.2) is 5.75 Å². The predicted molar refractivity (Wildman–Crippen MR) is 95.6 cm³/mol. The van der Waals surface area contributed by atoms with E-state index < -0.39 is 15.2 Å². The van der Waals surface area contributed by atoms with Gasteiger partial charge in [-0.05, 0) is 63.5 Å². The Morgan fingerprint density at radius 1 is 0.875 bits per heavy atom. The third kappa shape index (κ3) is 5.95. The molecule has 2 aliphatic rings. The lowest BCUT2D eigenvalue weighted by atomic mass is 10.3. The molecule has 0 atom stereocenters. The molecule has 0 aromatic heterocycles. The Morgan fingerprint density at radius 3 is 1.71 bits per heavy atom. The van der Waals surface area contributed by atoms with Crippen molar-refractivity contribution < 1.29 is 22.0 Å². The largest absolute Gasteiger partial charge is 0.673 e. The highest BCUT2D eigenvalue weighted by Gasteiger charge is 2.42. The van der Waals surface area contributed by atoms with Crippen LogP contribution in [0.15, 0.2) is 24.3 Å². The van der Waals surface area contributed by atoms with Crippen molar-refractivity contribution in [1.82, 2.24) is 0 Å². The normalized spacial score (nSPS) is 19.4. The van der Waals surface area contributed by atoms with Crippen LogP contribution in [0.1, 0.15) is 51.4 Å². The molecule has 1 aromatic carbocycles.